The van der Waals surface area contributed by atoms with E-state index in [2.05, 4.69) is 10.3 Å². The van der Waals surface area contributed by atoms with E-state index >= 15 is 0 Å². The van der Waals surface area contributed by atoms with E-state index in [4.69, 9.17) is 0 Å². The van der Waals surface area contributed by atoms with Gasteiger partial charge in [-0.15, -0.1) is 0 Å². The first-order chi connectivity index (χ1) is 9.08. The van der Waals surface area contributed by atoms with Crippen LogP contribution in [-0.2, 0) is 0 Å². The minimum absolute atomic E-state index is 0.0387. The summed E-state index contributed by atoms with van der Waals surface area (Å²) in [5.74, 6) is -1.68. The summed E-state index contributed by atoms with van der Waals surface area (Å²) >= 11 is 0. The van der Waals surface area contributed by atoms with Gasteiger partial charge in [-0.1, -0.05) is 24.3 Å². The number of benzene rings is 1. The standard InChI is InChI=1S/C14H12F2N2O/c1-9(10-5-2-3-6-11(10)15)17-14(19)12-7-4-8-13(16)18-12/h2-9H,1H3,(H,17,19). The number of carbonyl (C=O) groups is 1. The molecule has 1 amide bonds. The molecule has 0 saturated carbocycles. The van der Waals surface area contributed by atoms with Crippen molar-refractivity contribution in [1.82, 2.24) is 10.3 Å². The third kappa shape index (κ3) is 3.13. The normalized spacial score (nSPS) is 11.9. The maximum absolute atomic E-state index is 13.5. The molecular weight excluding hydrogens is 250 g/mol. The van der Waals surface area contributed by atoms with Crippen LogP contribution in [0.5, 0.6) is 0 Å². The van der Waals surface area contributed by atoms with E-state index in [1.165, 1.54) is 18.2 Å². The summed E-state index contributed by atoms with van der Waals surface area (Å²) in [6.07, 6.45) is 0. The molecule has 2 aromatic rings. The van der Waals surface area contributed by atoms with Gasteiger partial charge in [0.25, 0.3) is 5.91 Å². The number of pyridine rings is 1. The molecule has 0 saturated heterocycles. The Morgan fingerprint density at radius 2 is 1.89 bits per heavy atom. The van der Waals surface area contributed by atoms with Crippen molar-refractivity contribution in [2.75, 3.05) is 0 Å². The third-order valence-corrected chi connectivity index (χ3v) is 2.67. The molecule has 1 heterocycles. The summed E-state index contributed by atoms with van der Waals surface area (Å²) in [5.41, 5.74) is 0.329. The molecule has 5 heteroatoms. The first-order valence-electron chi connectivity index (χ1n) is 5.76. The van der Waals surface area contributed by atoms with Gasteiger partial charge in [-0.3, -0.25) is 4.79 Å². The average molecular weight is 262 g/mol. The molecule has 98 valence electrons. The van der Waals surface area contributed by atoms with Crippen LogP contribution in [0.2, 0.25) is 0 Å². The predicted octanol–water partition coefficient (Wildman–Crippen LogP) is 2.85. The van der Waals surface area contributed by atoms with E-state index in [9.17, 15) is 13.6 Å². The lowest BCUT2D eigenvalue weighted by Gasteiger charge is -2.14. The van der Waals surface area contributed by atoms with Crippen LogP contribution in [-0.4, -0.2) is 10.9 Å². The molecule has 0 bridgehead atoms. The number of halogens is 2. The molecule has 19 heavy (non-hydrogen) atoms. The number of nitrogens with zero attached hydrogens (tertiary/aromatic N) is 1. The van der Waals surface area contributed by atoms with Gasteiger partial charge in [0, 0.05) is 5.56 Å². The first kappa shape index (κ1) is 13.1. The maximum Gasteiger partial charge on any atom is 0.270 e. The van der Waals surface area contributed by atoms with Gasteiger partial charge >= 0.3 is 0 Å². The summed E-state index contributed by atoms with van der Waals surface area (Å²) in [5, 5.41) is 2.57. The van der Waals surface area contributed by atoms with Crippen LogP contribution in [0.4, 0.5) is 8.78 Å². The molecule has 0 radical (unpaired) electrons. The van der Waals surface area contributed by atoms with Crippen LogP contribution in [0.3, 0.4) is 0 Å². The molecule has 1 atom stereocenters. The number of aromatic nitrogens is 1. The molecule has 0 aliphatic heterocycles. The Bertz CT molecular complexity index is 602. The first-order valence-corrected chi connectivity index (χ1v) is 5.76. The van der Waals surface area contributed by atoms with Crippen LogP contribution < -0.4 is 5.32 Å². The summed E-state index contributed by atoms with van der Waals surface area (Å²) in [7, 11) is 0. The lowest BCUT2D eigenvalue weighted by molar-refractivity contribution is 0.0933. The Morgan fingerprint density at radius 1 is 1.16 bits per heavy atom. The van der Waals surface area contributed by atoms with Crippen molar-refractivity contribution in [2.24, 2.45) is 0 Å². The Balaban J connectivity index is 2.13. The van der Waals surface area contributed by atoms with Gasteiger partial charge in [-0.25, -0.2) is 9.37 Å². The molecule has 3 nitrogen and oxygen atoms in total. The summed E-state index contributed by atoms with van der Waals surface area (Å²) in [4.78, 5) is 15.3. The fourth-order valence-electron chi connectivity index (χ4n) is 1.71. The molecule has 0 fully saturated rings. The van der Waals surface area contributed by atoms with Crippen molar-refractivity contribution in [3.63, 3.8) is 0 Å². The quantitative estimate of drug-likeness (QED) is 0.864. The van der Waals surface area contributed by atoms with Gasteiger partial charge in [-0.05, 0) is 25.1 Å². The van der Waals surface area contributed by atoms with Gasteiger partial charge < -0.3 is 5.32 Å². The largest absolute Gasteiger partial charge is 0.344 e. The molecule has 1 aromatic heterocycles. The number of hydrogen-bond acceptors (Lipinski definition) is 2. The predicted molar refractivity (Wildman–Crippen MR) is 66.5 cm³/mol. The van der Waals surface area contributed by atoms with Crippen molar-refractivity contribution >= 4 is 5.91 Å². The van der Waals surface area contributed by atoms with E-state index in [1.807, 2.05) is 0 Å². The van der Waals surface area contributed by atoms with Crippen LogP contribution in [0.15, 0.2) is 42.5 Å². The highest BCUT2D eigenvalue weighted by atomic mass is 19.1. The molecule has 0 aliphatic carbocycles. The number of nitrogens with one attached hydrogen (secondary N) is 1. The van der Waals surface area contributed by atoms with Gasteiger partial charge in [-0.2, -0.15) is 4.39 Å². The monoisotopic (exact) mass is 262 g/mol. The lowest BCUT2D eigenvalue weighted by Crippen LogP contribution is -2.28. The SMILES string of the molecule is CC(NC(=O)c1cccc(F)n1)c1ccccc1F. The van der Waals surface area contributed by atoms with Gasteiger partial charge in [0.15, 0.2) is 0 Å². The van der Waals surface area contributed by atoms with Crippen LogP contribution in [0, 0.1) is 11.8 Å². The molecule has 2 rings (SSSR count). The Kier molecular flexibility index (Phi) is 3.85. The minimum atomic E-state index is -0.730. The molecule has 1 N–H and O–H groups in total. The highest BCUT2D eigenvalue weighted by molar-refractivity contribution is 5.92. The second-order valence-electron chi connectivity index (χ2n) is 4.06. The van der Waals surface area contributed by atoms with Crippen LogP contribution in [0.25, 0.3) is 0 Å². The van der Waals surface area contributed by atoms with Crippen LogP contribution in [0.1, 0.15) is 29.0 Å². The van der Waals surface area contributed by atoms with E-state index in [-0.39, 0.29) is 5.69 Å². The van der Waals surface area contributed by atoms with Crippen LogP contribution >= 0.6 is 0 Å². The van der Waals surface area contributed by atoms with Crippen molar-refractivity contribution in [3.05, 3.63) is 65.5 Å². The van der Waals surface area contributed by atoms with Gasteiger partial charge in [0.2, 0.25) is 5.95 Å². The zero-order valence-corrected chi connectivity index (χ0v) is 10.2. The van der Waals surface area contributed by atoms with E-state index in [1.54, 1.807) is 25.1 Å². The molecule has 0 aliphatic rings. The van der Waals surface area contributed by atoms with Crippen molar-refractivity contribution in [2.45, 2.75) is 13.0 Å². The fourth-order valence-corrected chi connectivity index (χ4v) is 1.71. The number of hydrogen-bond donors (Lipinski definition) is 1. The van der Waals surface area contributed by atoms with E-state index in [0.29, 0.717) is 5.56 Å². The molecule has 1 unspecified atom stereocenters. The summed E-state index contributed by atoms with van der Waals surface area (Å²) < 4.78 is 26.4. The number of rotatable bonds is 3. The fraction of sp³-hybridized carbons (Fsp3) is 0.143. The topological polar surface area (TPSA) is 42.0 Å². The van der Waals surface area contributed by atoms with Gasteiger partial charge in [0.05, 0.1) is 6.04 Å². The molecule has 0 spiro atoms. The zero-order chi connectivity index (χ0) is 13.8. The van der Waals surface area contributed by atoms with E-state index in [0.717, 1.165) is 6.07 Å². The third-order valence-electron chi connectivity index (χ3n) is 2.67. The van der Waals surface area contributed by atoms with E-state index < -0.39 is 23.7 Å². The number of carbonyl (C=O) groups excluding carboxylic acids is 1. The second kappa shape index (κ2) is 5.56. The second-order valence-corrected chi connectivity index (χ2v) is 4.06. The Hall–Kier alpha value is -2.30. The Morgan fingerprint density at radius 3 is 2.58 bits per heavy atom. The minimum Gasteiger partial charge on any atom is -0.344 e. The highest BCUT2D eigenvalue weighted by Crippen LogP contribution is 2.16. The smallest absolute Gasteiger partial charge is 0.270 e. The van der Waals surface area contributed by atoms with Gasteiger partial charge in [0.1, 0.15) is 11.5 Å². The lowest BCUT2D eigenvalue weighted by atomic mass is 10.1. The molecular formula is C14H12F2N2O. The summed E-state index contributed by atoms with van der Waals surface area (Å²) in [6.45, 7) is 1.65. The zero-order valence-electron chi connectivity index (χ0n) is 10.2. The van der Waals surface area contributed by atoms with Crippen molar-refractivity contribution in [1.29, 1.82) is 0 Å². The molecule has 1 aromatic carbocycles. The maximum atomic E-state index is 13.5. The average Bonchev–Trinajstić information content (AvgIpc) is 2.39. The number of amides is 1. The highest BCUT2D eigenvalue weighted by Gasteiger charge is 2.15. The Labute approximate surface area is 109 Å². The van der Waals surface area contributed by atoms with Crippen molar-refractivity contribution < 1.29 is 13.6 Å². The summed E-state index contributed by atoms with van der Waals surface area (Å²) in [6, 6.07) is 9.56. The van der Waals surface area contributed by atoms with Crippen molar-refractivity contribution in [3.8, 4) is 0 Å².